The molecule has 0 saturated heterocycles. The second-order valence-corrected chi connectivity index (χ2v) is 5.15. The van der Waals surface area contributed by atoms with Crippen LogP contribution in [0, 0.1) is 5.82 Å². The average Bonchev–Trinajstić information content (AvgIpc) is 2.61. The second kappa shape index (κ2) is 8.67. The van der Waals surface area contributed by atoms with Crippen molar-refractivity contribution in [2.75, 3.05) is 7.11 Å². The average molecular weight is 325 g/mol. The third-order valence-corrected chi connectivity index (χ3v) is 3.49. The standard InChI is InChI=1S/C20H20FNO2/c1-3-4-5-6-19(23)22-20(15-7-11-17(21)12-8-15)16-9-13-18(24-2)14-10-16/h3-14,20H,1-2H3,(H,22,23). The molecule has 2 rings (SSSR count). The number of hydrogen-bond acceptors (Lipinski definition) is 2. The van der Waals surface area contributed by atoms with Crippen LogP contribution in [-0.4, -0.2) is 13.0 Å². The first kappa shape index (κ1) is 17.5. The van der Waals surface area contributed by atoms with Crippen LogP contribution in [0.1, 0.15) is 24.1 Å². The molecule has 0 saturated carbocycles. The number of carbonyl (C=O) groups excluding carboxylic acids is 1. The number of allylic oxidation sites excluding steroid dienone is 3. The van der Waals surface area contributed by atoms with Gasteiger partial charge in [0.2, 0.25) is 5.91 Å². The molecule has 0 fully saturated rings. The SMILES string of the molecule is CC=CC=CC(=O)NC(c1ccc(F)cc1)c1ccc(OC)cc1. The van der Waals surface area contributed by atoms with Crippen molar-refractivity contribution in [3.63, 3.8) is 0 Å². The summed E-state index contributed by atoms with van der Waals surface area (Å²) in [6.45, 7) is 1.88. The van der Waals surface area contributed by atoms with Gasteiger partial charge in [-0.1, -0.05) is 42.5 Å². The summed E-state index contributed by atoms with van der Waals surface area (Å²) in [5.41, 5.74) is 1.68. The van der Waals surface area contributed by atoms with E-state index >= 15 is 0 Å². The number of nitrogens with one attached hydrogen (secondary N) is 1. The van der Waals surface area contributed by atoms with Crippen molar-refractivity contribution in [3.8, 4) is 5.75 Å². The summed E-state index contributed by atoms with van der Waals surface area (Å²) in [7, 11) is 1.60. The maximum absolute atomic E-state index is 13.2. The number of ether oxygens (including phenoxy) is 1. The first-order valence-electron chi connectivity index (χ1n) is 7.63. The highest BCUT2D eigenvalue weighted by Crippen LogP contribution is 2.24. The van der Waals surface area contributed by atoms with Gasteiger partial charge in [-0.3, -0.25) is 4.79 Å². The quantitative estimate of drug-likeness (QED) is 0.639. The van der Waals surface area contributed by atoms with E-state index in [1.165, 1.54) is 18.2 Å². The summed E-state index contributed by atoms with van der Waals surface area (Å²) in [6, 6.07) is 13.1. The first-order valence-corrected chi connectivity index (χ1v) is 7.63. The van der Waals surface area contributed by atoms with E-state index < -0.39 is 0 Å². The number of halogens is 1. The van der Waals surface area contributed by atoms with Crippen molar-refractivity contribution in [2.24, 2.45) is 0 Å². The molecule has 1 N–H and O–H groups in total. The van der Waals surface area contributed by atoms with Crippen molar-refractivity contribution < 1.29 is 13.9 Å². The van der Waals surface area contributed by atoms with Gasteiger partial charge in [-0.25, -0.2) is 4.39 Å². The lowest BCUT2D eigenvalue weighted by Gasteiger charge is -2.19. The maximum Gasteiger partial charge on any atom is 0.244 e. The summed E-state index contributed by atoms with van der Waals surface area (Å²) in [5.74, 6) is 0.195. The summed E-state index contributed by atoms with van der Waals surface area (Å²) in [5, 5.41) is 2.94. The van der Waals surface area contributed by atoms with Crippen LogP contribution < -0.4 is 10.1 Å². The van der Waals surface area contributed by atoms with Gasteiger partial charge in [0.25, 0.3) is 0 Å². The fourth-order valence-corrected chi connectivity index (χ4v) is 2.26. The summed E-state index contributed by atoms with van der Waals surface area (Å²) < 4.78 is 18.4. The number of amides is 1. The summed E-state index contributed by atoms with van der Waals surface area (Å²) in [6.07, 6.45) is 6.75. The van der Waals surface area contributed by atoms with Crippen molar-refractivity contribution in [3.05, 3.63) is 89.8 Å². The predicted molar refractivity (Wildman–Crippen MR) is 93.3 cm³/mol. The van der Waals surface area contributed by atoms with E-state index in [1.807, 2.05) is 37.3 Å². The second-order valence-electron chi connectivity index (χ2n) is 5.15. The van der Waals surface area contributed by atoms with Crippen molar-refractivity contribution >= 4 is 5.91 Å². The number of rotatable bonds is 6. The van der Waals surface area contributed by atoms with Crippen LogP contribution in [0.5, 0.6) is 5.75 Å². The molecule has 0 aromatic heterocycles. The Hall–Kier alpha value is -2.88. The first-order chi connectivity index (χ1) is 11.6. The number of hydrogen-bond donors (Lipinski definition) is 1. The Balaban J connectivity index is 2.29. The molecule has 4 heteroatoms. The van der Waals surface area contributed by atoms with Crippen LogP contribution in [0.2, 0.25) is 0 Å². The fourth-order valence-electron chi connectivity index (χ4n) is 2.26. The Morgan fingerprint density at radius 1 is 1.04 bits per heavy atom. The van der Waals surface area contributed by atoms with Gasteiger partial charge < -0.3 is 10.1 Å². The molecular weight excluding hydrogens is 305 g/mol. The third-order valence-electron chi connectivity index (χ3n) is 3.49. The Kier molecular flexibility index (Phi) is 6.32. The maximum atomic E-state index is 13.2. The van der Waals surface area contributed by atoms with Gasteiger partial charge >= 0.3 is 0 Å². The van der Waals surface area contributed by atoms with E-state index in [1.54, 1.807) is 31.4 Å². The minimum Gasteiger partial charge on any atom is -0.497 e. The van der Waals surface area contributed by atoms with Gasteiger partial charge in [0.05, 0.1) is 13.2 Å². The zero-order chi connectivity index (χ0) is 17.4. The Labute approximate surface area is 141 Å². The van der Waals surface area contributed by atoms with Crippen molar-refractivity contribution in [2.45, 2.75) is 13.0 Å². The lowest BCUT2D eigenvalue weighted by atomic mass is 9.98. The largest absolute Gasteiger partial charge is 0.497 e. The topological polar surface area (TPSA) is 38.3 Å². The van der Waals surface area contributed by atoms with Crippen LogP contribution in [-0.2, 0) is 4.79 Å². The van der Waals surface area contributed by atoms with E-state index in [0.717, 1.165) is 16.9 Å². The van der Waals surface area contributed by atoms with Gasteiger partial charge in [0.15, 0.2) is 0 Å². The number of carbonyl (C=O) groups is 1. The van der Waals surface area contributed by atoms with Gasteiger partial charge in [-0.15, -0.1) is 0 Å². The van der Waals surface area contributed by atoms with Crippen LogP contribution >= 0.6 is 0 Å². The molecule has 2 aromatic carbocycles. The summed E-state index contributed by atoms with van der Waals surface area (Å²) in [4.78, 5) is 12.1. The van der Waals surface area contributed by atoms with Gasteiger partial charge in [0.1, 0.15) is 11.6 Å². The van der Waals surface area contributed by atoms with Crippen LogP contribution in [0.15, 0.2) is 72.8 Å². The minimum absolute atomic E-state index is 0.224. The molecule has 1 unspecified atom stereocenters. The molecule has 124 valence electrons. The van der Waals surface area contributed by atoms with E-state index in [9.17, 15) is 9.18 Å². The smallest absolute Gasteiger partial charge is 0.244 e. The molecule has 3 nitrogen and oxygen atoms in total. The lowest BCUT2D eigenvalue weighted by Crippen LogP contribution is -2.27. The molecule has 0 aliphatic carbocycles. The zero-order valence-electron chi connectivity index (χ0n) is 13.7. The van der Waals surface area contributed by atoms with Crippen LogP contribution in [0.25, 0.3) is 0 Å². The third kappa shape index (κ3) is 4.81. The highest BCUT2D eigenvalue weighted by Gasteiger charge is 2.16. The van der Waals surface area contributed by atoms with Crippen LogP contribution in [0.4, 0.5) is 4.39 Å². The van der Waals surface area contributed by atoms with Gasteiger partial charge in [-0.2, -0.15) is 0 Å². The summed E-state index contributed by atoms with van der Waals surface area (Å²) >= 11 is 0. The Morgan fingerprint density at radius 3 is 2.17 bits per heavy atom. The highest BCUT2D eigenvalue weighted by molar-refractivity contribution is 5.88. The molecule has 24 heavy (non-hydrogen) atoms. The van der Waals surface area contributed by atoms with Gasteiger partial charge in [-0.05, 0) is 42.3 Å². The molecule has 1 amide bonds. The van der Waals surface area contributed by atoms with Crippen molar-refractivity contribution in [1.82, 2.24) is 5.32 Å². The fraction of sp³-hybridized carbons (Fsp3) is 0.150. The molecule has 0 spiro atoms. The van der Waals surface area contributed by atoms with Crippen molar-refractivity contribution in [1.29, 1.82) is 0 Å². The van der Waals surface area contributed by atoms with E-state index in [2.05, 4.69) is 5.32 Å². The monoisotopic (exact) mass is 325 g/mol. The molecule has 0 aliphatic rings. The van der Waals surface area contributed by atoms with E-state index in [-0.39, 0.29) is 17.8 Å². The Bertz CT molecular complexity index is 718. The molecule has 0 heterocycles. The molecule has 1 atom stereocenters. The zero-order valence-corrected chi connectivity index (χ0v) is 13.7. The molecule has 0 radical (unpaired) electrons. The van der Waals surface area contributed by atoms with E-state index in [4.69, 9.17) is 4.74 Å². The normalized spacial score (nSPS) is 12.5. The molecule has 0 aliphatic heterocycles. The predicted octanol–water partition coefficient (Wildman–Crippen LogP) is 4.17. The number of methoxy groups -OCH3 is 1. The van der Waals surface area contributed by atoms with E-state index in [0.29, 0.717) is 0 Å². The molecule has 0 bridgehead atoms. The van der Waals surface area contributed by atoms with Gasteiger partial charge in [0, 0.05) is 6.08 Å². The lowest BCUT2D eigenvalue weighted by molar-refractivity contribution is -0.117. The number of benzene rings is 2. The molecular formula is C20H20FNO2. The minimum atomic E-state index is -0.376. The van der Waals surface area contributed by atoms with Crippen LogP contribution in [0.3, 0.4) is 0 Å². The Morgan fingerprint density at radius 2 is 1.62 bits per heavy atom. The highest BCUT2D eigenvalue weighted by atomic mass is 19.1. The molecule has 2 aromatic rings.